The normalized spacial score (nSPS) is 23.3. The highest BCUT2D eigenvalue weighted by atomic mass is 32.3. The van der Waals surface area contributed by atoms with Crippen LogP contribution in [0.5, 0.6) is 0 Å². The van der Waals surface area contributed by atoms with Crippen LogP contribution in [-0.4, -0.2) is 53.8 Å². The van der Waals surface area contributed by atoms with E-state index in [2.05, 4.69) is 15.3 Å². The minimum Gasteiger partial charge on any atom is -0.353 e. The van der Waals surface area contributed by atoms with E-state index in [0.29, 0.717) is 31.1 Å². The number of para-hydroxylation sites is 1. The monoisotopic (exact) mass is 476 g/mol. The van der Waals surface area contributed by atoms with E-state index in [9.17, 15) is 13.2 Å². The third-order valence-electron chi connectivity index (χ3n) is 5.65. The Bertz CT molecular complexity index is 1180. The molecule has 2 unspecified atom stereocenters. The van der Waals surface area contributed by atoms with Crippen molar-refractivity contribution in [2.75, 3.05) is 17.9 Å². The number of thioether (sulfide) groups is 2. The van der Waals surface area contributed by atoms with Gasteiger partial charge in [0.15, 0.2) is 0 Å². The Morgan fingerprint density at radius 2 is 2.19 bits per heavy atom. The van der Waals surface area contributed by atoms with Crippen LogP contribution in [0.1, 0.15) is 31.4 Å². The number of aromatic amines is 1. The Labute approximate surface area is 190 Å². The zero-order valence-electron chi connectivity index (χ0n) is 17.1. The molecule has 2 N–H and O–H groups in total. The quantitative estimate of drug-likeness (QED) is 0.638. The zero-order valence-corrected chi connectivity index (χ0v) is 19.5. The Hall–Kier alpha value is -1.91. The average molecular weight is 477 g/mol. The Balaban J connectivity index is 1.34. The first kappa shape index (κ1) is 21.0. The van der Waals surface area contributed by atoms with E-state index < -0.39 is 14.6 Å². The maximum absolute atomic E-state index is 13.1. The van der Waals surface area contributed by atoms with Crippen LogP contribution in [0.3, 0.4) is 0 Å². The van der Waals surface area contributed by atoms with E-state index in [1.807, 2.05) is 35.7 Å². The topological polar surface area (TPSA) is 94.6 Å². The first-order valence-corrected chi connectivity index (χ1v) is 13.6. The largest absolute Gasteiger partial charge is 0.353 e. The molecule has 0 radical (unpaired) electrons. The fourth-order valence-electron chi connectivity index (χ4n) is 3.78. The summed E-state index contributed by atoms with van der Waals surface area (Å²) in [7, 11) is -1.88. The molecular weight excluding hydrogens is 452 g/mol. The van der Waals surface area contributed by atoms with Crippen LogP contribution in [0.4, 0.5) is 5.69 Å². The molecule has 10 heteroatoms. The first-order chi connectivity index (χ1) is 14.9. The summed E-state index contributed by atoms with van der Waals surface area (Å²) in [5.41, 5.74) is 2.26. The molecule has 1 aromatic carbocycles. The molecule has 1 aromatic heterocycles. The number of nitrogens with zero attached hydrogens (tertiary/aromatic N) is 2. The molecule has 5 rings (SSSR count). The summed E-state index contributed by atoms with van der Waals surface area (Å²) < 4.78 is 27.0. The number of aromatic nitrogens is 1. The van der Waals surface area contributed by atoms with Gasteiger partial charge < -0.3 is 10.3 Å². The number of carbonyl (C=O) groups excluding carboxylic acids is 1. The van der Waals surface area contributed by atoms with Crippen LogP contribution in [0.2, 0.25) is 0 Å². The molecule has 1 saturated carbocycles. The third kappa shape index (κ3) is 4.25. The maximum atomic E-state index is 13.1. The van der Waals surface area contributed by atoms with Crippen molar-refractivity contribution >= 4 is 61.1 Å². The first-order valence-electron chi connectivity index (χ1n) is 10.3. The van der Waals surface area contributed by atoms with Gasteiger partial charge in [0.25, 0.3) is 0 Å². The standard InChI is InChI=1S/C21H24N4O3S3/c1-25(31(27,28)19-6-3-9-29-19)17-5-2-4-13-10-16(24-20(13)17)21-22-12-15(30-21)11-18(26)23-14-7-8-14/h2-5,9-10,14-15,19,24H,6-8,11-12H2,1H3,(H,23,26). The minimum absolute atomic E-state index is 0.0986. The number of carbonyl (C=O) groups is 1. The molecule has 0 bridgehead atoms. The molecule has 2 aromatic rings. The fourth-order valence-corrected chi connectivity index (χ4v) is 7.76. The van der Waals surface area contributed by atoms with E-state index in [4.69, 9.17) is 0 Å². The summed E-state index contributed by atoms with van der Waals surface area (Å²) in [4.78, 5) is 20.1. The molecule has 0 saturated heterocycles. The number of hydrogen-bond donors (Lipinski definition) is 2. The van der Waals surface area contributed by atoms with E-state index in [1.165, 1.54) is 16.1 Å². The number of hydrogen-bond acceptors (Lipinski definition) is 6. The second-order valence-electron chi connectivity index (χ2n) is 8.04. The lowest BCUT2D eigenvalue weighted by molar-refractivity contribution is -0.121. The molecule has 1 aliphatic carbocycles. The molecule has 31 heavy (non-hydrogen) atoms. The van der Waals surface area contributed by atoms with Crippen molar-refractivity contribution in [1.29, 1.82) is 0 Å². The molecule has 7 nitrogen and oxygen atoms in total. The molecule has 2 atom stereocenters. The number of aliphatic imine (C=N–C) groups is 1. The van der Waals surface area contributed by atoms with E-state index in [-0.39, 0.29) is 11.2 Å². The molecular formula is C21H24N4O3S3. The summed E-state index contributed by atoms with van der Waals surface area (Å²) in [6, 6.07) is 8.03. The summed E-state index contributed by atoms with van der Waals surface area (Å²) >= 11 is 2.95. The van der Waals surface area contributed by atoms with Gasteiger partial charge in [-0.1, -0.05) is 30.0 Å². The van der Waals surface area contributed by atoms with Crippen LogP contribution < -0.4 is 9.62 Å². The highest BCUT2D eigenvalue weighted by Gasteiger charge is 2.33. The van der Waals surface area contributed by atoms with Gasteiger partial charge in [0.1, 0.15) is 9.63 Å². The SMILES string of the molecule is CN(c1cccc2cc(C3=NCC(CC(=O)NC4CC4)S3)[nH]c12)S(=O)(=O)C1CC=CS1. The third-order valence-corrected chi connectivity index (χ3v) is 10.6. The predicted molar refractivity (Wildman–Crippen MR) is 129 cm³/mol. The number of rotatable bonds is 7. The van der Waals surface area contributed by atoms with Crippen molar-refractivity contribution in [2.45, 2.75) is 41.6 Å². The van der Waals surface area contributed by atoms with Crippen molar-refractivity contribution in [3.05, 3.63) is 41.4 Å². The second kappa shape index (κ2) is 8.22. The number of H-pyrrole nitrogens is 1. The lowest BCUT2D eigenvalue weighted by atomic mass is 10.2. The fraction of sp³-hybridized carbons (Fsp3) is 0.429. The highest BCUT2D eigenvalue weighted by molar-refractivity contribution is 8.15. The Kier molecular flexibility index (Phi) is 5.56. The van der Waals surface area contributed by atoms with Gasteiger partial charge in [-0.05, 0) is 36.8 Å². The zero-order chi connectivity index (χ0) is 21.6. The summed E-state index contributed by atoms with van der Waals surface area (Å²) in [5, 5.41) is 6.82. The molecule has 0 spiro atoms. The molecule has 1 fully saturated rings. The lowest BCUT2D eigenvalue weighted by Crippen LogP contribution is -2.33. The summed E-state index contributed by atoms with van der Waals surface area (Å²) in [6.07, 6.45) is 5.05. The van der Waals surface area contributed by atoms with Crippen molar-refractivity contribution in [3.8, 4) is 0 Å². The van der Waals surface area contributed by atoms with Gasteiger partial charge in [0.05, 0.1) is 23.4 Å². The van der Waals surface area contributed by atoms with Crippen molar-refractivity contribution < 1.29 is 13.2 Å². The van der Waals surface area contributed by atoms with Gasteiger partial charge in [-0.2, -0.15) is 0 Å². The number of sulfonamides is 1. The molecule has 3 heterocycles. The minimum atomic E-state index is -3.49. The van der Waals surface area contributed by atoms with Crippen molar-refractivity contribution in [1.82, 2.24) is 10.3 Å². The van der Waals surface area contributed by atoms with Crippen LogP contribution in [0, 0.1) is 0 Å². The van der Waals surface area contributed by atoms with E-state index >= 15 is 0 Å². The van der Waals surface area contributed by atoms with Crippen LogP contribution in [0.25, 0.3) is 10.9 Å². The van der Waals surface area contributed by atoms with Crippen LogP contribution in [0.15, 0.2) is 40.7 Å². The van der Waals surface area contributed by atoms with Crippen molar-refractivity contribution in [2.24, 2.45) is 4.99 Å². The van der Waals surface area contributed by atoms with Gasteiger partial charge in [-0.25, -0.2) is 8.42 Å². The number of fused-ring (bicyclic) bond motifs is 1. The van der Waals surface area contributed by atoms with Gasteiger partial charge in [-0.3, -0.25) is 14.1 Å². The van der Waals surface area contributed by atoms with Crippen LogP contribution in [-0.2, 0) is 14.8 Å². The number of allylic oxidation sites excluding steroid dienone is 1. The summed E-state index contributed by atoms with van der Waals surface area (Å²) in [5.74, 6) is 0.0986. The molecule has 2 aliphatic heterocycles. The number of amides is 1. The van der Waals surface area contributed by atoms with Crippen molar-refractivity contribution in [3.63, 3.8) is 0 Å². The lowest BCUT2D eigenvalue weighted by Gasteiger charge is -2.23. The van der Waals surface area contributed by atoms with Gasteiger partial charge in [0, 0.05) is 30.1 Å². The highest BCUT2D eigenvalue weighted by Crippen LogP contribution is 2.36. The Morgan fingerprint density at radius 1 is 1.35 bits per heavy atom. The smallest absolute Gasteiger partial charge is 0.247 e. The maximum Gasteiger partial charge on any atom is 0.247 e. The van der Waals surface area contributed by atoms with E-state index in [1.54, 1.807) is 18.8 Å². The van der Waals surface area contributed by atoms with E-state index in [0.717, 1.165) is 34.5 Å². The average Bonchev–Trinajstić information content (AvgIpc) is 3.19. The second-order valence-corrected chi connectivity index (χ2v) is 12.9. The van der Waals surface area contributed by atoms with Gasteiger partial charge in [-0.15, -0.1) is 11.8 Å². The van der Waals surface area contributed by atoms with Gasteiger partial charge in [0.2, 0.25) is 15.9 Å². The number of anilines is 1. The number of nitrogens with one attached hydrogen (secondary N) is 2. The van der Waals surface area contributed by atoms with Crippen LogP contribution >= 0.6 is 23.5 Å². The molecule has 164 valence electrons. The molecule has 3 aliphatic rings. The Morgan fingerprint density at radius 3 is 2.94 bits per heavy atom. The number of benzene rings is 1. The summed E-state index contributed by atoms with van der Waals surface area (Å²) in [6.45, 7) is 0.612. The molecule has 1 amide bonds. The van der Waals surface area contributed by atoms with Gasteiger partial charge >= 0.3 is 0 Å². The predicted octanol–water partition coefficient (Wildman–Crippen LogP) is 3.44.